The van der Waals surface area contributed by atoms with E-state index in [1.807, 2.05) is 32.0 Å². The van der Waals surface area contributed by atoms with Gasteiger partial charge in [-0.25, -0.2) is 0 Å². The maximum absolute atomic E-state index is 8.56. The summed E-state index contributed by atoms with van der Waals surface area (Å²) in [5.74, 6) is 0. The number of hydrogen-bond donors (Lipinski definition) is 1. The lowest BCUT2D eigenvalue weighted by molar-refractivity contribution is 1.12. The van der Waals surface area contributed by atoms with Gasteiger partial charge in [-0.1, -0.05) is 25.1 Å². The van der Waals surface area contributed by atoms with Crippen LogP contribution in [0.15, 0.2) is 23.3 Å². The Labute approximate surface area is 94.8 Å². The van der Waals surface area contributed by atoms with Crippen LogP contribution in [0.4, 0.5) is 5.69 Å². The third kappa shape index (κ3) is 2.59. The minimum absolute atomic E-state index is 0.176. The molecule has 0 saturated carbocycles. The third-order valence-electron chi connectivity index (χ3n) is 2.23. The summed E-state index contributed by atoms with van der Waals surface area (Å²) in [6.45, 7) is 3.99. The highest BCUT2D eigenvalue weighted by atomic mass is 15.3. The quantitative estimate of drug-likeness (QED) is 0.617. The van der Waals surface area contributed by atoms with Crippen molar-refractivity contribution >= 4 is 11.4 Å². The number of anilines is 1. The van der Waals surface area contributed by atoms with Crippen LogP contribution in [0.3, 0.4) is 0 Å². The van der Waals surface area contributed by atoms with E-state index >= 15 is 0 Å². The van der Waals surface area contributed by atoms with Crippen molar-refractivity contribution in [1.82, 2.24) is 0 Å². The summed E-state index contributed by atoms with van der Waals surface area (Å²) < 4.78 is 0. The summed E-state index contributed by atoms with van der Waals surface area (Å²) in [6.07, 6.45) is 0.869. The smallest absolute Gasteiger partial charge is 0.237 e. The molecule has 0 heterocycles. The summed E-state index contributed by atoms with van der Waals surface area (Å²) in [5, 5.41) is 20.9. The number of benzene rings is 1. The zero-order valence-electron chi connectivity index (χ0n) is 9.28. The Bertz CT molecular complexity index is 473. The Kier molecular flexibility index (Phi) is 4.06. The highest BCUT2D eigenvalue weighted by Gasteiger charge is 2.03. The molecule has 0 aliphatic carbocycles. The molecular weight excluding hydrogens is 200 g/mol. The van der Waals surface area contributed by atoms with Gasteiger partial charge < -0.3 is 0 Å². The van der Waals surface area contributed by atoms with Crippen LogP contribution in [0, 0.1) is 29.6 Å². The van der Waals surface area contributed by atoms with Crippen molar-refractivity contribution in [2.24, 2.45) is 5.10 Å². The van der Waals surface area contributed by atoms with E-state index in [-0.39, 0.29) is 5.71 Å². The van der Waals surface area contributed by atoms with Crippen molar-refractivity contribution in [2.45, 2.75) is 20.3 Å². The molecule has 4 heteroatoms. The molecule has 1 aromatic carbocycles. The van der Waals surface area contributed by atoms with Crippen molar-refractivity contribution in [3.63, 3.8) is 0 Å². The average molecular weight is 212 g/mol. The maximum atomic E-state index is 8.56. The Morgan fingerprint density at radius 3 is 2.62 bits per heavy atom. The number of rotatable bonds is 3. The highest BCUT2D eigenvalue weighted by molar-refractivity contribution is 6.10. The zero-order valence-corrected chi connectivity index (χ0v) is 9.28. The van der Waals surface area contributed by atoms with Crippen LogP contribution in [0.5, 0.6) is 0 Å². The summed E-state index contributed by atoms with van der Waals surface area (Å²) in [5.41, 5.74) is 5.62. The molecule has 0 aliphatic rings. The van der Waals surface area contributed by atoms with Crippen LogP contribution >= 0.6 is 0 Å². The van der Waals surface area contributed by atoms with Gasteiger partial charge in [0.15, 0.2) is 0 Å². The van der Waals surface area contributed by atoms with Gasteiger partial charge >= 0.3 is 0 Å². The summed E-state index contributed by atoms with van der Waals surface area (Å²) in [7, 11) is 0. The number of aryl methyl sites for hydroxylation is 2. The summed E-state index contributed by atoms with van der Waals surface area (Å²) >= 11 is 0. The van der Waals surface area contributed by atoms with Gasteiger partial charge in [-0.2, -0.15) is 15.6 Å². The fourth-order valence-electron chi connectivity index (χ4n) is 1.37. The second-order valence-corrected chi connectivity index (χ2v) is 3.26. The van der Waals surface area contributed by atoms with Crippen LogP contribution in [-0.2, 0) is 6.42 Å². The monoisotopic (exact) mass is 212 g/mol. The van der Waals surface area contributed by atoms with Crippen molar-refractivity contribution in [2.75, 3.05) is 5.43 Å². The number of nitriles is 2. The van der Waals surface area contributed by atoms with Crippen LogP contribution in [0.1, 0.15) is 18.1 Å². The van der Waals surface area contributed by atoms with E-state index in [1.165, 1.54) is 0 Å². The molecule has 0 spiro atoms. The lowest BCUT2D eigenvalue weighted by Crippen LogP contribution is -2.00. The second-order valence-electron chi connectivity index (χ2n) is 3.26. The predicted molar refractivity (Wildman–Crippen MR) is 62.8 cm³/mol. The number of hydrazone groups is 1. The van der Waals surface area contributed by atoms with E-state index in [1.54, 1.807) is 12.1 Å². The van der Waals surface area contributed by atoms with Crippen molar-refractivity contribution < 1.29 is 0 Å². The molecule has 1 rings (SSSR count). The molecule has 0 bridgehead atoms. The molecule has 0 saturated heterocycles. The van der Waals surface area contributed by atoms with Crippen molar-refractivity contribution in [3.05, 3.63) is 29.3 Å². The fraction of sp³-hybridized carbons (Fsp3) is 0.250. The van der Waals surface area contributed by atoms with E-state index in [4.69, 9.17) is 10.5 Å². The van der Waals surface area contributed by atoms with Gasteiger partial charge in [-0.05, 0) is 24.5 Å². The molecule has 0 aliphatic heterocycles. The van der Waals surface area contributed by atoms with E-state index in [0.717, 1.165) is 23.2 Å². The first kappa shape index (κ1) is 11.7. The molecule has 80 valence electrons. The van der Waals surface area contributed by atoms with Gasteiger partial charge in [0, 0.05) is 0 Å². The predicted octanol–water partition coefficient (Wildman–Crippen LogP) is 2.37. The molecule has 0 unspecified atom stereocenters. The molecular formula is C12H12N4. The third-order valence-corrected chi connectivity index (χ3v) is 2.23. The molecule has 0 atom stereocenters. The highest BCUT2D eigenvalue weighted by Crippen LogP contribution is 2.20. The fourth-order valence-corrected chi connectivity index (χ4v) is 1.37. The molecule has 0 radical (unpaired) electrons. The topological polar surface area (TPSA) is 72.0 Å². The number of para-hydroxylation sites is 1. The molecule has 16 heavy (non-hydrogen) atoms. The molecule has 1 aromatic rings. The van der Waals surface area contributed by atoms with Crippen LogP contribution in [-0.4, -0.2) is 5.71 Å². The summed E-state index contributed by atoms with van der Waals surface area (Å²) in [6, 6.07) is 9.32. The maximum Gasteiger partial charge on any atom is 0.237 e. The second kappa shape index (κ2) is 5.53. The van der Waals surface area contributed by atoms with Gasteiger partial charge in [0.05, 0.1) is 5.69 Å². The van der Waals surface area contributed by atoms with Gasteiger partial charge in [0.1, 0.15) is 12.1 Å². The SMILES string of the molecule is CCc1cccc(C)c1NN=C(C#N)C#N. The van der Waals surface area contributed by atoms with Crippen molar-refractivity contribution in [3.8, 4) is 12.1 Å². The first-order chi connectivity index (χ1) is 7.72. The lowest BCUT2D eigenvalue weighted by Gasteiger charge is -2.09. The number of nitrogens with one attached hydrogen (secondary N) is 1. The Morgan fingerprint density at radius 2 is 2.06 bits per heavy atom. The molecule has 1 N–H and O–H groups in total. The molecule has 0 amide bonds. The van der Waals surface area contributed by atoms with Gasteiger partial charge in [0.25, 0.3) is 0 Å². The van der Waals surface area contributed by atoms with E-state index < -0.39 is 0 Å². The van der Waals surface area contributed by atoms with Crippen LogP contribution < -0.4 is 5.43 Å². The minimum Gasteiger partial charge on any atom is -0.276 e. The average Bonchev–Trinajstić information content (AvgIpc) is 2.31. The van der Waals surface area contributed by atoms with Gasteiger partial charge in [0.2, 0.25) is 5.71 Å². The van der Waals surface area contributed by atoms with Crippen LogP contribution in [0.25, 0.3) is 0 Å². The van der Waals surface area contributed by atoms with E-state index in [0.29, 0.717) is 0 Å². The summed E-state index contributed by atoms with van der Waals surface area (Å²) in [4.78, 5) is 0. The normalized spacial score (nSPS) is 8.75. The number of hydrogen-bond acceptors (Lipinski definition) is 4. The molecule has 4 nitrogen and oxygen atoms in total. The minimum atomic E-state index is -0.176. The zero-order chi connectivity index (χ0) is 12.0. The Hall–Kier alpha value is -2.33. The lowest BCUT2D eigenvalue weighted by atomic mass is 10.1. The first-order valence-electron chi connectivity index (χ1n) is 4.95. The first-order valence-corrected chi connectivity index (χ1v) is 4.95. The van der Waals surface area contributed by atoms with E-state index in [2.05, 4.69) is 10.5 Å². The van der Waals surface area contributed by atoms with Gasteiger partial charge in [-0.15, -0.1) is 0 Å². The largest absolute Gasteiger partial charge is 0.276 e. The molecule has 0 fully saturated rings. The Morgan fingerprint density at radius 1 is 1.38 bits per heavy atom. The Balaban J connectivity index is 3.03. The number of nitrogens with zero attached hydrogens (tertiary/aromatic N) is 3. The van der Waals surface area contributed by atoms with Crippen molar-refractivity contribution in [1.29, 1.82) is 10.5 Å². The standard InChI is InChI=1S/C12H12N4/c1-3-10-6-4-5-9(2)12(10)16-15-11(7-13)8-14/h4-6,16H,3H2,1-2H3. The van der Waals surface area contributed by atoms with Crippen LogP contribution in [0.2, 0.25) is 0 Å². The van der Waals surface area contributed by atoms with E-state index in [9.17, 15) is 0 Å². The van der Waals surface area contributed by atoms with Gasteiger partial charge in [-0.3, -0.25) is 5.43 Å². The molecule has 0 aromatic heterocycles.